The molecule has 5 rings (SSSR count). The molecule has 4 N–H and O–H groups in total. The number of amides is 2. The molecule has 0 aromatic heterocycles. The highest BCUT2D eigenvalue weighted by atomic mass is 19.4. The maximum absolute atomic E-state index is 14.9. The van der Waals surface area contributed by atoms with Gasteiger partial charge in [-0.05, 0) is 52.6 Å². The number of nitrogens with zero attached hydrogens (tertiary/aromatic N) is 1. The Morgan fingerprint density at radius 2 is 1.60 bits per heavy atom. The largest absolute Gasteiger partial charge is 0.475 e. The molecule has 0 spiro atoms. The third-order valence-corrected chi connectivity index (χ3v) is 9.90. The van der Waals surface area contributed by atoms with Crippen molar-refractivity contribution in [2.24, 2.45) is 11.8 Å². The van der Waals surface area contributed by atoms with Crippen molar-refractivity contribution in [3.63, 3.8) is 0 Å². The van der Waals surface area contributed by atoms with Crippen molar-refractivity contribution < 1.29 is 32.8 Å². The molecule has 3 aromatic rings. The van der Waals surface area contributed by atoms with E-state index in [0.717, 1.165) is 43.1 Å². The van der Waals surface area contributed by atoms with Crippen molar-refractivity contribution in [3.05, 3.63) is 83.9 Å². The molecule has 47 heavy (non-hydrogen) atoms. The zero-order valence-corrected chi connectivity index (χ0v) is 27.0. The summed E-state index contributed by atoms with van der Waals surface area (Å²) in [5.41, 5.74) is 0.941. The molecule has 0 bridgehead atoms. The summed E-state index contributed by atoms with van der Waals surface area (Å²) < 4.78 is 44.6. The summed E-state index contributed by atoms with van der Waals surface area (Å²) in [6, 6.07) is 17.0. The van der Waals surface area contributed by atoms with Gasteiger partial charge in [0.05, 0.1) is 12.0 Å². The second kappa shape index (κ2) is 15.2. The van der Waals surface area contributed by atoms with Crippen LogP contribution in [0.3, 0.4) is 0 Å². The first-order valence-electron chi connectivity index (χ1n) is 16.8. The van der Waals surface area contributed by atoms with Gasteiger partial charge in [-0.25, -0.2) is 0 Å². The Labute approximate surface area is 275 Å². The third kappa shape index (κ3) is 8.55. The lowest BCUT2D eigenvalue weighted by atomic mass is 9.73. The molecular weight excluding hydrogens is 606 g/mol. The summed E-state index contributed by atoms with van der Waals surface area (Å²) in [5, 5.41) is 26.8. The molecule has 1 saturated carbocycles. The van der Waals surface area contributed by atoms with Gasteiger partial charge in [-0.3, -0.25) is 14.9 Å². The van der Waals surface area contributed by atoms with Gasteiger partial charge in [0, 0.05) is 12.5 Å². The van der Waals surface area contributed by atoms with E-state index in [1.165, 1.54) is 17.0 Å². The fraction of sp³-hybridized carbons (Fsp3) is 0.500. The zero-order valence-electron chi connectivity index (χ0n) is 27.0. The van der Waals surface area contributed by atoms with Gasteiger partial charge in [0.2, 0.25) is 11.8 Å². The number of likely N-dealkylation sites (tertiary alicyclic amines) is 1. The van der Waals surface area contributed by atoms with Gasteiger partial charge in [-0.2, -0.15) is 13.2 Å². The van der Waals surface area contributed by atoms with E-state index in [2.05, 4.69) is 10.6 Å². The van der Waals surface area contributed by atoms with Gasteiger partial charge in [0.1, 0.15) is 12.1 Å². The fourth-order valence-corrected chi connectivity index (χ4v) is 7.31. The molecule has 11 heteroatoms. The number of fused-ring (bicyclic) bond motifs is 1. The van der Waals surface area contributed by atoms with Gasteiger partial charge in [-0.15, -0.1) is 0 Å². The van der Waals surface area contributed by atoms with Gasteiger partial charge in [-0.1, -0.05) is 113 Å². The van der Waals surface area contributed by atoms with Crippen LogP contribution in [0.15, 0.2) is 72.8 Å². The number of halogens is 3. The first-order valence-corrected chi connectivity index (χ1v) is 16.8. The topological polar surface area (TPSA) is 102 Å². The smallest absolute Gasteiger partial charge is 0.426 e. The van der Waals surface area contributed by atoms with Crippen LogP contribution in [0, 0.1) is 11.8 Å². The third-order valence-electron chi connectivity index (χ3n) is 9.90. The Bertz CT molecular complexity index is 1490. The predicted octanol–water partition coefficient (Wildman–Crippen LogP) is 5.91. The van der Waals surface area contributed by atoms with E-state index in [1.807, 2.05) is 42.5 Å². The van der Waals surface area contributed by atoms with Crippen LogP contribution in [0.25, 0.3) is 10.8 Å². The molecule has 2 aliphatic rings. The number of benzene rings is 3. The average Bonchev–Trinajstić information content (AvgIpc) is 3.51. The molecule has 1 aliphatic heterocycles. The quantitative estimate of drug-likeness (QED) is 0.193. The highest BCUT2D eigenvalue weighted by molar-refractivity contribution is 6.43. The molecule has 7 nitrogen and oxygen atoms in total. The number of carbonyl (C=O) groups is 2. The van der Waals surface area contributed by atoms with Crippen molar-refractivity contribution in [2.75, 3.05) is 6.54 Å². The maximum atomic E-state index is 14.9. The van der Waals surface area contributed by atoms with Crippen molar-refractivity contribution in [1.29, 1.82) is 0 Å². The Morgan fingerprint density at radius 1 is 0.936 bits per heavy atom. The molecule has 0 radical (unpaired) electrons. The van der Waals surface area contributed by atoms with Crippen LogP contribution >= 0.6 is 0 Å². The fourth-order valence-electron chi connectivity index (χ4n) is 7.31. The van der Waals surface area contributed by atoms with Gasteiger partial charge in [0.15, 0.2) is 0 Å². The standard InChI is InChI=1S/C36H45BF3N3O4/c1-23(2)33(37(46)47)42-34(44)31-21-29(25-13-7-4-8-14-25)22-43(31)35(45)30(19-24-11-5-3-6-12-24)41-32(36(38,39)40)28-18-17-26-15-9-10-16-27(26)20-28/h4,7-10,13-18,20,23-24,29-33,41,46-47H,3,5-6,11-12,19,21-22H2,1-2H3,(H,42,44)/t29?,30-,31-,32-,33?/m1/s1. The summed E-state index contributed by atoms with van der Waals surface area (Å²) in [4.78, 5) is 29.8. The van der Waals surface area contributed by atoms with Crippen LogP contribution in [0.4, 0.5) is 13.2 Å². The summed E-state index contributed by atoms with van der Waals surface area (Å²) in [7, 11) is -1.82. The first kappa shape index (κ1) is 34.9. The SMILES string of the molecule is CC(C)C(NC(=O)[C@H]1CC(c2ccccc2)CN1C(=O)[C@@H](CC1CCCCC1)N[C@H](c1ccc2ccccc2c1)C(F)(F)F)B(O)O. The van der Waals surface area contributed by atoms with E-state index >= 15 is 0 Å². The Kier molecular flexibility index (Phi) is 11.3. The minimum atomic E-state index is -4.69. The second-order valence-electron chi connectivity index (χ2n) is 13.6. The molecule has 2 amide bonds. The first-order chi connectivity index (χ1) is 22.4. The minimum Gasteiger partial charge on any atom is -0.426 e. The Balaban J connectivity index is 1.49. The number of carbonyl (C=O) groups excluding carboxylic acids is 2. The molecule has 2 fully saturated rings. The van der Waals surface area contributed by atoms with Crippen LogP contribution in [0.1, 0.15) is 81.9 Å². The summed E-state index contributed by atoms with van der Waals surface area (Å²) in [6.07, 6.45) is 0.447. The summed E-state index contributed by atoms with van der Waals surface area (Å²) in [6.45, 7) is 3.64. The number of nitrogens with one attached hydrogen (secondary N) is 2. The van der Waals surface area contributed by atoms with Crippen LogP contribution in [-0.2, 0) is 9.59 Å². The maximum Gasteiger partial charge on any atom is 0.475 e. The van der Waals surface area contributed by atoms with Gasteiger partial charge in [0.25, 0.3) is 0 Å². The molecule has 1 aliphatic carbocycles. The van der Waals surface area contributed by atoms with E-state index in [1.54, 1.807) is 32.0 Å². The highest BCUT2D eigenvalue weighted by Gasteiger charge is 2.47. The van der Waals surface area contributed by atoms with Crippen molar-refractivity contribution in [1.82, 2.24) is 15.5 Å². The van der Waals surface area contributed by atoms with Crippen LogP contribution in [0.5, 0.6) is 0 Å². The van der Waals surface area contributed by atoms with Crippen LogP contribution < -0.4 is 10.6 Å². The molecule has 3 aromatic carbocycles. The number of rotatable bonds is 11. The minimum absolute atomic E-state index is 0.0206. The second-order valence-corrected chi connectivity index (χ2v) is 13.6. The Morgan fingerprint density at radius 3 is 2.23 bits per heavy atom. The summed E-state index contributed by atoms with van der Waals surface area (Å²) in [5.74, 6) is -2.54. The summed E-state index contributed by atoms with van der Waals surface area (Å²) >= 11 is 0. The van der Waals surface area contributed by atoms with Crippen LogP contribution in [-0.4, -0.2) is 64.6 Å². The lowest BCUT2D eigenvalue weighted by Gasteiger charge is -2.35. The monoisotopic (exact) mass is 651 g/mol. The number of alkyl halides is 3. The normalized spacial score (nSPS) is 21.1. The molecule has 252 valence electrons. The van der Waals surface area contributed by atoms with E-state index in [4.69, 9.17) is 0 Å². The van der Waals surface area contributed by atoms with Crippen LogP contribution in [0.2, 0.25) is 0 Å². The van der Waals surface area contributed by atoms with Gasteiger partial charge >= 0.3 is 13.3 Å². The predicted molar refractivity (Wildman–Crippen MR) is 177 cm³/mol. The Hall–Kier alpha value is -3.41. The number of hydrogen-bond acceptors (Lipinski definition) is 5. The number of hydrogen-bond donors (Lipinski definition) is 4. The lowest BCUT2D eigenvalue weighted by Crippen LogP contribution is -2.58. The van der Waals surface area contributed by atoms with E-state index in [9.17, 15) is 32.8 Å². The lowest BCUT2D eigenvalue weighted by molar-refractivity contribution is -0.163. The van der Waals surface area contributed by atoms with E-state index < -0.39 is 49.2 Å². The zero-order chi connectivity index (χ0) is 33.7. The van der Waals surface area contributed by atoms with Gasteiger partial charge < -0.3 is 20.3 Å². The molecule has 5 atom stereocenters. The van der Waals surface area contributed by atoms with Crippen molar-refractivity contribution in [3.8, 4) is 0 Å². The molecule has 1 heterocycles. The molecular formula is C36H45BF3N3O4. The van der Waals surface area contributed by atoms with Crippen molar-refractivity contribution >= 4 is 29.7 Å². The average molecular weight is 652 g/mol. The molecule has 2 unspecified atom stereocenters. The van der Waals surface area contributed by atoms with Crippen molar-refractivity contribution in [2.45, 2.75) is 95.0 Å². The highest BCUT2D eigenvalue weighted by Crippen LogP contribution is 2.38. The molecule has 1 saturated heterocycles. The van der Waals surface area contributed by atoms with E-state index in [-0.39, 0.29) is 42.7 Å². The van der Waals surface area contributed by atoms with E-state index in [0.29, 0.717) is 5.39 Å².